The first-order chi connectivity index (χ1) is 11.7. The fourth-order valence-corrected chi connectivity index (χ4v) is 3.24. The smallest absolute Gasteiger partial charge is 0.315 e. The maximum Gasteiger partial charge on any atom is 0.315 e. The van der Waals surface area contributed by atoms with E-state index in [0.717, 1.165) is 21.1 Å². The molecule has 0 aliphatic heterocycles. The molecule has 2 heterocycles. The molecular formula is C17H19N5OS. The first-order valence-corrected chi connectivity index (χ1v) is 8.53. The van der Waals surface area contributed by atoms with E-state index in [2.05, 4.69) is 20.6 Å². The number of amides is 2. The number of thiazole rings is 1. The van der Waals surface area contributed by atoms with E-state index in [1.54, 1.807) is 23.9 Å². The minimum atomic E-state index is -0.177. The molecule has 24 heavy (non-hydrogen) atoms. The molecule has 0 bridgehead atoms. The van der Waals surface area contributed by atoms with Crippen LogP contribution in [-0.2, 0) is 13.1 Å². The zero-order valence-electron chi connectivity index (χ0n) is 13.4. The van der Waals surface area contributed by atoms with Crippen LogP contribution in [0.4, 0.5) is 4.79 Å². The van der Waals surface area contributed by atoms with Gasteiger partial charge in [-0.2, -0.15) is 0 Å². The van der Waals surface area contributed by atoms with Gasteiger partial charge in [0.2, 0.25) is 0 Å². The molecule has 0 saturated carbocycles. The summed E-state index contributed by atoms with van der Waals surface area (Å²) in [6.07, 6.45) is 5.31. The van der Waals surface area contributed by atoms with Crippen LogP contribution in [0.15, 0.2) is 49.1 Å². The van der Waals surface area contributed by atoms with Gasteiger partial charge in [-0.05, 0) is 6.92 Å². The largest absolute Gasteiger partial charge is 0.336 e. The van der Waals surface area contributed by atoms with Crippen molar-refractivity contribution < 1.29 is 4.79 Å². The first kappa shape index (κ1) is 16.2. The molecule has 2 N–H and O–H groups in total. The lowest BCUT2D eigenvalue weighted by atomic mass is 10.2. The van der Waals surface area contributed by atoms with Crippen LogP contribution < -0.4 is 10.6 Å². The summed E-state index contributed by atoms with van der Waals surface area (Å²) in [6.45, 7) is 3.70. The summed E-state index contributed by atoms with van der Waals surface area (Å²) in [5.74, 6) is 0. The predicted molar refractivity (Wildman–Crippen MR) is 94.8 cm³/mol. The van der Waals surface area contributed by atoms with E-state index in [0.29, 0.717) is 19.6 Å². The van der Waals surface area contributed by atoms with Crippen LogP contribution >= 0.6 is 11.3 Å². The predicted octanol–water partition coefficient (Wildman–Crippen LogP) is 2.81. The summed E-state index contributed by atoms with van der Waals surface area (Å²) in [4.78, 5) is 21.5. The highest BCUT2D eigenvalue weighted by molar-refractivity contribution is 7.15. The molecule has 1 aromatic carbocycles. The van der Waals surface area contributed by atoms with Crippen LogP contribution in [-0.4, -0.2) is 27.1 Å². The number of urea groups is 1. The van der Waals surface area contributed by atoms with Crippen molar-refractivity contribution in [2.24, 2.45) is 0 Å². The van der Waals surface area contributed by atoms with Crippen LogP contribution in [0, 0.1) is 6.92 Å². The Bertz CT molecular complexity index is 783. The van der Waals surface area contributed by atoms with Crippen molar-refractivity contribution in [3.63, 3.8) is 0 Å². The molecule has 3 aromatic rings. The molecule has 0 aliphatic rings. The SMILES string of the molecule is Cc1nc(-c2ccccc2)sc1CNC(=O)NCCn1ccnc1. The van der Waals surface area contributed by atoms with Gasteiger partial charge in [-0.1, -0.05) is 30.3 Å². The van der Waals surface area contributed by atoms with Crippen molar-refractivity contribution in [1.82, 2.24) is 25.2 Å². The number of benzene rings is 1. The second-order valence-corrected chi connectivity index (χ2v) is 6.39. The molecule has 0 spiro atoms. The molecule has 2 amide bonds. The van der Waals surface area contributed by atoms with Crippen LogP contribution in [0.2, 0.25) is 0 Å². The third-order valence-electron chi connectivity index (χ3n) is 3.54. The molecule has 0 atom stereocenters. The summed E-state index contributed by atoms with van der Waals surface area (Å²) in [5.41, 5.74) is 2.05. The van der Waals surface area contributed by atoms with Crippen LogP contribution in [0.5, 0.6) is 0 Å². The molecule has 0 fully saturated rings. The van der Waals surface area contributed by atoms with Crippen molar-refractivity contribution in [3.05, 3.63) is 59.6 Å². The normalized spacial score (nSPS) is 10.5. The van der Waals surface area contributed by atoms with E-state index in [1.807, 2.05) is 48.0 Å². The van der Waals surface area contributed by atoms with Crippen LogP contribution in [0.1, 0.15) is 10.6 Å². The van der Waals surface area contributed by atoms with Crippen LogP contribution in [0.3, 0.4) is 0 Å². The van der Waals surface area contributed by atoms with E-state index in [4.69, 9.17) is 0 Å². The number of hydrogen-bond donors (Lipinski definition) is 2. The second-order valence-electron chi connectivity index (χ2n) is 5.30. The highest BCUT2D eigenvalue weighted by atomic mass is 32.1. The van der Waals surface area contributed by atoms with Gasteiger partial charge < -0.3 is 15.2 Å². The molecule has 6 nitrogen and oxygen atoms in total. The number of aromatic nitrogens is 3. The Morgan fingerprint density at radius 3 is 2.83 bits per heavy atom. The number of carbonyl (C=O) groups excluding carboxylic acids is 1. The van der Waals surface area contributed by atoms with Crippen molar-refractivity contribution in [2.45, 2.75) is 20.0 Å². The van der Waals surface area contributed by atoms with Gasteiger partial charge in [0, 0.05) is 35.9 Å². The average molecular weight is 341 g/mol. The molecule has 7 heteroatoms. The average Bonchev–Trinajstić information content (AvgIpc) is 3.24. The number of imidazole rings is 1. The Labute approximate surface area is 144 Å². The maximum absolute atomic E-state index is 11.9. The zero-order chi connectivity index (χ0) is 16.8. The minimum Gasteiger partial charge on any atom is -0.336 e. The van der Waals surface area contributed by atoms with Gasteiger partial charge in [-0.3, -0.25) is 0 Å². The van der Waals surface area contributed by atoms with Gasteiger partial charge >= 0.3 is 6.03 Å². The number of rotatable bonds is 6. The van der Waals surface area contributed by atoms with Crippen molar-refractivity contribution in [3.8, 4) is 10.6 Å². The van der Waals surface area contributed by atoms with Gasteiger partial charge in [-0.15, -0.1) is 11.3 Å². The highest BCUT2D eigenvalue weighted by Gasteiger charge is 2.10. The lowest BCUT2D eigenvalue weighted by Gasteiger charge is -2.07. The summed E-state index contributed by atoms with van der Waals surface area (Å²) >= 11 is 1.61. The molecule has 124 valence electrons. The highest BCUT2D eigenvalue weighted by Crippen LogP contribution is 2.27. The third kappa shape index (κ3) is 4.20. The molecule has 0 saturated heterocycles. The molecule has 2 aromatic heterocycles. The van der Waals surface area contributed by atoms with Gasteiger partial charge in [0.05, 0.1) is 18.6 Å². The fraction of sp³-hybridized carbons (Fsp3) is 0.235. The summed E-state index contributed by atoms with van der Waals surface area (Å²) in [6, 6.07) is 9.89. The lowest BCUT2D eigenvalue weighted by molar-refractivity contribution is 0.240. The maximum atomic E-state index is 11.9. The fourth-order valence-electron chi connectivity index (χ4n) is 2.24. The topological polar surface area (TPSA) is 71.8 Å². The van der Waals surface area contributed by atoms with E-state index in [-0.39, 0.29) is 6.03 Å². The van der Waals surface area contributed by atoms with Crippen molar-refractivity contribution >= 4 is 17.4 Å². The van der Waals surface area contributed by atoms with E-state index in [1.165, 1.54) is 0 Å². The number of nitrogens with zero attached hydrogens (tertiary/aromatic N) is 3. The van der Waals surface area contributed by atoms with Crippen LogP contribution in [0.25, 0.3) is 10.6 Å². The third-order valence-corrected chi connectivity index (χ3v) is 4.74. The Kier molecular flexibility index (Phi) is 5.22. The Morgan fingerprint density at radius 1 is 1.25 bits per heavy atom. The monoisotopic (exact) mass is 341 g/mol. The Morgan fingerprint density at radius 2 is 2.08 bits per heavy atom. The quantitative estimate of drug-likeness (QED) is 0.724. The van der Waals surface area contributed by atoms with Crippen molar-refractivity contribution in [1.29, 1.82) is 0 Å². The molecule has 0 unspecified atom stereocenters. The molecule has 0 aliphatic carbocycles. The first-order valence-electron chi connectivity index (χ1n) is 7.71. The number of hydrogen-bond acceptors (Lipinski definition) is 4. The lowest BCUT2D eigenvalue weighted by Crippen LogP contribution is -2.36. The molecule has 0 radical (unpaired) electrons. The Hall–Kier alpha value is -2.67. The zero-order valence-corrected chi connectivity index (χ0v) is 14.2. The summed E-state index contributed by atoms with van der Waals surface area (Å²) in [7, 11) is 0. The van der Waals surface area contributed by atoms with Gasteiger partial charge in [-0.25, -0.2) is 14.8 Å². The van der Waals surface area contributed by atoms with Gasteiger partial charge in [0.1, 0.15) is 5.01 Å². The molecular weight excluding hydrogens is 322 g/mol. The minimum absolute atomic E-state index is 0.177. The Balaban J connectivity index is 1.49. The summed E-state index contributed by atoms with van der Waals surface area (Å²) in [5, 5.41) is 6.69. The number of nitrogens with one attached hydrogen (secondary N) is 2. The van der Waals surface area contributed by atoms with E-state index >= 15 is 0 Å². The number of carbonyl (C=O) groups is 1. The standard InChI is InChI=1S/C17H19N5OS/c1-13-15(24-16(21-13)14-5-3-2-4-6-14)11-20-17(23)19-8-10-22-9-7-18-12-22/h2-7,9,12H,8,10-11H2,1H3,(H2,19,20,23). The summed E-state index contributed by atoms with van der Waals surface area (Å²) < 4.78 is 1.92. The second kappa shape index (κ2) is 7.74. The van der Waals surface area contributed by atoms with E-state index in [9.17, 15) is 4.79 Å². The number of aryl methyl sites for hydroxylation is 1. The van der Waals surface area contributed by atoms with Crippen molar-refractivity contribution in [2.75, 3.05) is 6.54 Å². The van der Waals surface area contributed by atoms with Gasteiger partial charge in [0.25, 0.3) is 0 Å². The van der Waals surface area contributed by atoms with E-state index < -0.39 is 0 Å². The van der Waals surface area contributed by atoms with Gasteiger partial charge in [0.15, 0.2) is 0 Å². The molecule has 3 rings (SSSR count).